The normalized spacial score (nSPS) is 22.6. The number of benzene rings is 1. The van der Waals surface area contributed by atoms with E-state index < -0.39 is 0 Å². The van der Waals surface area contributed by atoms with Crippen molar-refractivity contribution in [2.75, 3.05) is 19.8 Å². The van der Waals surface area contributed by atoms with Crippen molar-refractivity contribution in [3.63, 3.8) is 0 Å². The van der Waals surface area contributed by atoms with E-state index in [1.165, 1.54) is 0 Å². The largest absolute Gasteiger partial charge is 0.494 e. The van der Waals surface area contributed by atoms with Crippen LogP contribution in [-0.2, 0) is 4.74 Å². The molecule has 25 heavy (non-hydrogen) atoms. The summed E-state index contributed by atoms with van der Waals surface area (Å²) in [6.07, 6.45) is 3.02. The lowest BCUT2D eigenvalue weighted by Crippen LogP contribution is -2.18. The molecular weight excluding hydrogens is 320 g/mol. The van der Waals surface area contributed by atoms with E-state index in [-0.39, 0.29) is 6.10 Å². The van der Waals surface area contributed by atoms with Gasteiger partial charge in [-0.3, -0.25) is 0 Å². The highest BCUT2D eigenvalue weighted by molar-refractivity contribution is 5.31. The molecule has 1 saturated carbocycles. The van der Waals surface area contributed by atoms with Crippen LogP contribution in [0.25, 0.3) is 0 Å². The smallest absolute Gasteiger partial charge is 0.256 e. The van der Waals surface area contributed by atoms with E-state index in [0.717, 1.165) is 49.9 Å². The Morgan fingerprint density at radius 3 is 2.60 bits per heavy atom. The Morgan fingerprint density at radius 2 is 1.88 bits per heavy atom. The molecule has 0 unspecified atom stereocenters. The summed E-state index contributed by atoms with van der Waals surface area (Å²) in [5, 5.41) is 8.47. The van der Waals surface area contributed by atoms with Crippen LogP contribution in [0.1, 0.15) is 56.9 Å². The van der Waals surface area contributed by atoms with Crippen molar-refractivity contribution < 1.29 is 18.6 Å². The Bertz CT molecular complexity index is 706. The highest BCUT2D eigenvalue weighted by Crippen LogP contribution is 2.64. The van der Waals surface area contributed by atoms with E-state index in [4.69, 9.17) is 18.6 Å². The first-order valence-corrected chi connectivity index (χ1v) is 9.01. The summed E-state index contributed by atoms with van der Waals surface area (Å²) in [5.74, 6) is 3.24. The van der Waals surface area contributed by atoms with Crippen molar-refractivity contribution in [1.82, 2.24) is 10.2 Å². The molecule has 2 fully saturated rings. The number of nitrogens with zero attached hydrogens (tertiary/aromatic N) is 2. The first-order chi connectivity index (χ1) is 12.2. The molecule has 1 aliphatic heterocycles. The van der Waals surface area contributed by atoms with Crippen molar-refractivity contribution in [2.45, 2.75) is 45.1 Å². The zero-order valence-electron chi connectivity index (χ0n) is 14.7. The third-order valence-electron chi connectivity index (χ3n) is 5.23. The summed E-state index contributed by atoms with van der Waals surface area (Å²) in [6, 6.07) is 7.56. The summed E-state index contributed by atoms with van der Waals surface area (Å²) in [5.41, 5.74) is 0.335. The van der Waals surface area contributed by atoms with Gasteiger partial charge in [0.15, 0.2) is 6.10 Å². The van der Waals surface area contributed by atoms with Gasteiger partial charge < -0.3 is 18.6 Å². The van der Waals surface area contributed by atoms with Gasteiger partial charge in [0.25, 0.3) is 5.89 Å². The second-order valence-electron chi connectivity index (χ2n) is 6.87. The van der Waals surface area contributed by atoms with Crippen molar-refractivity contribution >= 4 is 0 Å². The van der Waals surface area contributed by atoms with E-state index in [1.807, 2.05) is 38.1 Å². The number of ether oxygens (including phenoxy) is 3. The molecule has 0 bridgehead atoms. The maximum atomic E-state index is 5.92. The van der Waals surface area contributed by atoms with Crippen molar-refractivity contribution in [3.05, 3.63) is 36.0 Å². The number of hydrogen-bond acceptors (Lipinski definition) is 6. The zero-order chi connectivity index (χ0) is 17.3. The molecule has 0 radical (unpaired) electrons. The first-order valence-electron chi connectivity index (χ1n) is 9.01. The van der Waals surface area contributed by atoms with Gasteiger partial charge in [0.05, 0.1) is 6.61 Å². The fraction of sp³-hybridized carbons (Fsp3) is 0.579. The average molecular weight is 344 g/mol. The number of aromatic nitrogens is 2. The Hall–Kier alpha value is -2.08. The van der Waals surface area contributed by atoms with Crippen molar-refractivity contribution in [3.8, 4) is 11.5 Å². The Kier molecular flexibility index (Phi) is 4.37. The maximum absolute atomic E-state index is 5.92. The molecule has 2 aromatic rings. The molecule has 134 valence electrons. The zero-order valence-corrected chi connectivity index (χ0v) is 14.7. The summed E-state index contributed by atoms with van der Waals surface area (Å²) in [6.45, 7) is 6.22. The van der Waals surface area contributed by atoms with Crippen LogP contribution in [0, 0.1) is 5.41 Å². The second-order valence-corrected chi connectivity index (χ2v) is 6.87. The minimum absolute atomic E-state index is 0.288. The molecule has 1 aromatic carbocycles. The molecule has 2 atom stereocenters. The van der Waals surface area contributed by atoms with Crippen LogP contribution in [0.15, 0.2) is 28.7 Å². The molecule has 2 heterocycles. The molecule has 2 aliphatic rings. The van der Waals surface area contributed by atoms with Crippen molar-refractivity contribution in [2.24, 2.45) is 5.41 Å². The second kappa shape index (κ2) is 6.67. The monoisotopic (exact) mass is 344 g/mol. The van der Waals surface area contributed by atoms with Gasteiger partial charge in [-0.2, -0.15) is 0 Å². The third kappa shape index (κ3) is 3.35. The van der Waals surface area contributed by atoms with Crippen LogP contribution in [0.4, 0.5) is 0 Å². The van der Waals surface area contributed by atoms with Gasteiger partial charge in [-0.15, -0.1) is 10.2 Å². The van der Waals surface area contributed by atoms with E-state index >= 15 is 0 Å². The molecule has 6 heteroatoms. The molecule has 0 N–H and O–H groups in total. The molecule has 4 rings (SSSR count). The van der Waals surface area contributed by atoms with Crippen LogP contribution in [0.2, 0.25) is 0 Å². The average Bonchev–Trinajstić information content (AvgIpc) is 3.09. The summed E-state index contributed by atoms with van der Waals surface area (Å²) in [4.78, 5) is 0. The van der Waals surface area contributed by atoms with Gasteiger partial charge >= 0.3 is 0 Å². The highest BCUT2D eigenvalue weighted by atomic mass is 16.5. The van der Waals surface area contributed by atoms with Crippen LogP contribution in [-0.4, -0.2) is 30.0 Å². The molecule has 1 saturated heterocycles. The molecule has 0 amide bonds. The summed E-state index contributed by atoms with van der Waals surface area (Å²) in [7, 11) is 0. The lowest BCUT2D eigenvalue weighted by atomic mass is 9.94. The van der Waals surface area contributed by atoms with Crippen LogP contribution < -0.4 is 9.47 Å². The summed E-state index contributed by atoms with van der Waals surface area (Å²) >= 11 is 0. The predicted octanol–water partition coefficient (Wildman–Crippen LogP) is 3.89. The van der Waals surface area contributed by atoms with Gasteiger partial charge in [0.2, 0.25) is 5.89 Å². The standard InChI is InChI=1S/C19H24N2O4/c1-3-23-14-4-6-15(7-5-14)24-13(2)17-20-21-18(25-17)16-12-19(16)8-10-22-11-9-19/h4-7,13,16H,3,8-12H2,1-2H3/t13-,16+/m0/s1. The third-order valence-corrected chi connectivity index (χ3v) is 5.23. The fourth-order valence-corrected chi connectivity index (χ4v) is 3.61. The molecular formula is C19H24N2O4. The summed E-state index contributed by atoms with van der Waals surface area (Å²) < 4.78 is 22.7. The van der Waals surface area contributed by atoms with Gasteiger partial charge in [-0.25, -0.2) is 0 Å². The highest BCUT2D eigenvalue weighted by Gasteiger charge is 2.57. The fourth-order valence-electron chi connectivity index (χ4n) is 3.61. The molecule has 1 aliphatic carbocycles. The number of rotatable bonds is 6. The maximum Gasteiger partial charge on any atom is 0.256 e. The van der Waals surface area contributed by atoms with Crippen LogP contribution in [0.3, 0.4) is 0 Å². The lowest BCUT2D eigenvalue weighted by molar-refractivity contribution is 0.0545. The Labute approximate surface area is 147 Å². The Morgan fingerprint density at radius 1 is 1.16 bits per heavy atom. The van der Waals surface area contributed by atoms with E-state index in [1.54, 1.807) is 0 Å². The van der Waals surface area contributed by atoms with Gasteiger partial charge in [-0.05, 0) is 62.8 Å². The van der Waals surface area contributed by atoms with Crippen LogP contribution >= 0.6 is 0 Å². The van der Waals surface area contributed by atoms with E-state index in [9.17, 15) is 0 Å². The van der Waals surface area contributed by atoms with E-state index in [2.05, 4.69) is 10.2 Å². The predicted molar refractivity (Wildman–Crippen MR) is 90.8 cm³/mol. The lowest BCUT2D eigenvalue weighted by Gasteiger charge is -2.21. The Balaban J connectivity index is 1.38. The molecule has 6 nitrogen and oxygen atoms in total. The number of hydrogen-bond donors (Lipinski definition) is 0. The van der Waals surface area contributed by atoms with Crippen molar-refractivity contribution in [1.29, 1.82) is 0 Å². The SMILES string of the molecule is CCOc1ccc(O[C@@H](C)c2nnc([C@H]3CC34CCOCC4)o2)cc1. The topological polar surface area (TPSA) is 66.6 Å². The molecule has 1 spiro atoms. The first kappa shape index (κ1) is 16.4. The van der Waals surface area contributed by atoms with E-state index in [0.29, 0.717) is 23.8 Å². The quantitative estimate of drug-likeness (QED) is 0.792. The van der Waals surface area contributed by atoms with Crippen LogP contribution in [0.5, 0.6) is 11.5 Å². The molecule has 1 aromatic heterocycles. The minimum atomic E-state index is -0.288. The van der Waals surface area contributed by atoms with Gasteiger partial charge in [-0.1, -0.05) is 0 Å². The van der Waals surface area contributed by atoms with Gasteiger partial charge in [0.1, 0.15) is 11.5 Å². The minimum Gasteiger partial charge on any atom is -0.494 e. The van der Waals surface area contributed by atoms with Gasteiger partial charge in [0, 0.05) is 19.1 Å².